The van der Waals surface area contributed by atoms with Gasteiger partial charge in [0.05, 0.1) is 4.92 Å². The number of nitro benzene ring substituents is 1. The molecule has 7 heteroatoms. The number of nitro groups is 1. The van der Waals surface area contributed by atoms with Gasteiger partial charge >= 0.3 is 0 Å². The molecule has 0 aliphatic heterocycles. The molecule has 0 radical (unpaired) electrons. The second-order valence-electron chi connectivity index (χ2n) is 4.39. The molecule has 20 heavy (non-hydrogen) atoms. The summed E-state index contributed by atoms with van der Waals surface area (Å²) >= 11 is 0. The SMILES string of the molecule is CCN(C)CCNC(=O)c1cc(NC)ccc1[N+](=O)[O-]. The van der Waals surface area contributed by atoms with Gasteiger partial charge in [-0.2, -0.15) is 0 Å². The number of likely N-dealkylation sites (N-methyl/N-ethyl adjacent to an activating group) is 1. The van der Waals surface area contributed by atoms with Crippen molar-refractivity contribution in [3.8, 4) is 0 Å². The van der Waals surface area contributed by atoms with Crippen LogP contribution < -0.4 is 10.6 Å². The van der Waals surface area contributed by atoms with E-state index in [4.69, 9.17) is 0 Å². The maximum absolute atomic E-state index is 12.0. The van der Waals surface area contributed by atoms with Gasteiger partial charge in [0, 0.05) is 31.9 Å². The summed E-state index contributed by atoms with van der Waals surface area (Å²) in [6.07, 6.45) is 0. The lowest BCUT2D eigenvalue weighted by Crippen LogP contribution is -2.33. The third kappa shape index (κ3) is 4.20. The number of carbonyl (C=O) groups is 1. The minimum atomic E-state index is -0.549. The molecule has 1 aromatic carbocycles. The van der Waals surface area contributed by atoms with Crippen LogP contribution in [0.1, 0.15) is 17.3 Å². The smallest absolute Gasteiger partial charge is 0.282 e. The fraction of sp³-hybridized carbons (Fsp3) is 0.462. The van der Waals surface area contributed by atoms with E-state index in [0.29, 0.717) is 18.8 Å². The van der Waals surface area contributed by atoms with E-state index >= 15 is 0 Å². The Morgan fingerprint density at radius 2 is 2.15 bits per heavy atom. The van der Waals surface area contributed by atoms with E-state index < -0.39 is 10.8 Å². The molecule has 1 rings (SSSR count). The van der Waals surface area contributed by atoms with E-state index in [1.54, 1.807) is 13.1 Å². The number of anilines is 1. The molecule has 0 saturated heterocycles. The van der Waals surface area contributed by atoms with E-state index in [2.05, 4.69) is 10.6 Å². The predicted molar refractivity (Wildman–Crippen MR) is 78.1 cm³/mol. The van der Waals surface area contributed by atoms with Crippen LogP contribution in [0.25, 0.3) is 0 Å². The third-order valence-corrected chi connectivity index (χ3v) is 3.05. The Morgan fingerprint density at radius 1 is 1.45 bits per heavy atom. The van der Waals surface area contributed by atoms with Crippen molar-refractivity contribution in [3.05, 3.63) is 33.9 Å². The maximum Gasteiger partial charge on any atom is 0.282 e. The molecular formula is C13H20N4O3. The summed E-state index contributed by atoms with van der Waals surface area (Å²) in [6, 6.07) is 4.38. The Morgan fingerprint density at radius 3 is 2.70 bits per heavy atom. The largest absolute Gasteiger partial charge is 0.388 e. The van der Waals surface area contributed by atoms with Crippen LogP contribution in [-0.4, -0.2) is 49.5 Å². The molecular weight excluding hydrogens is 260 g/mol. The van der Waals surface area contributed by atoms with Crippen LogP contribution in [-0.2, 0) is 0 Å². The van der Waals surface area contributed by atoms with Gasteiger partial charge in [0.1, 0.15) is 5.56 Å². The van der Waals surface area contributed by atoms with Gasteiger partial charge in [-0.05, 0) is 25.7 Å². The molecule has 0 unspecified atom stereocenters. The van der Waals surface area contributed by atoms with Crippen LogP contribution in [0.5, 0.6) is 0 Å². The van der Waals surface area contributed by atoms with Crippen LogP contribution in [0, 0.1) is 10.1 Å². The van der Waals surface area contributed by atoms with Crippen molar-refractivity contribution in [1.82, 2.24) is 10.2 Å². The summed E-state index contributed by atoms with van der Waals surface area (Å²) in [4.78, 5) is 24.5. The number of benzene rings is 1. The highest BCUT2D eigenvalue weighted by Crippen LogP contribution is 2.22. The van der Waals surface area contributed by atoms with E-state index in [1.807, 2.05) is 18.9 Å². The Bertz CT molecular complexity index is 491. The van der Waals surface area contributed by atoms with E-state index in [1.165, 1.54) is 12.1 Å². The van der Waals surface area contributed by atoms with Gasteiger partial charge in [0.2, 0.25) is 0 Å². The first kappa shape index (κ1) is 15.9. The Balaban J connectivity index is 2.82. The van der Waals surface area contributed by atoms with Crippen LogP contribution in [0.3, 0.4) is 0 Å². The van der Waals surface area contributed by atoms with E-state index in [0.717, 1.165) is 6.54 Å². The number of rotatable bonds is 7. The molecule has 0 aliphatic carbocycles. The van der Waals surface area contributed by atoms with Crippen LogP contribution in [0.4, 0.5) is 11.4 Å². The number of hydrogen-bond acceptors (Lipinski definition) is 5. The van der Waals surface area contributed by atoms with Gasteiger partial charge < -0.3 is 15.5 Å². The second-order valence-corrected chi connectivity index (χ2v) is 4.39. The molecule has 0 fully saturated rings. The van der Waals surface area contributed by atoms with Crippen molar-refractivity contribution in [2.75, 3.05) is 39.0 Å². The first-order valence-corrected chi connectivity index (χ1v) is 6.42. The quantitative estimate of drug-likeness (QED) is 0.581. The summed E-state index contributed by atoms with van der Waals surface area (Å²) in [5, 5.41) is 16.5. The molecule has 0 aromatic heterocycles. The van der Waals surface area contributed by atoms with Crippen LogP contribution in [0.2, 0.25) is 0 Å². The van der Waals surface area contributed by atoms with Crippen molar-refractivity contribution < 1.29 is 9.72 Å². The number of nitrogens with one attached hydrogen (secondary N) is 2. The molecule has 0 atom stereocenters. The molecule has 0 heterocycles. The highest BCUT2D eigenvalue weighted by Gasteiger charge is 2.20. The van der Waals surface area contributed by atoms with Gasteiger partial charge in [-0.25, -0.2) is 0 Å². The summed E-state index contributed by atoms with van der Waals surface area (Å²) in [6.45, 7) is 4.04. The lowest BCUT2D eigenvalue weighted by atomic mass is 10.1. The van der Waals surface area contributed by atoms with Gasteiger partial charge in [0.15, 0.2) is 0 Å². The average molecular weight is 280 g/mol. The lowest BCUT2D eigenvalue weighted by Gasteiger charge is -2.14. The highest BCUT2D eigenvalue weighted by atomic mass is 16.6. The van der Waals surface area contributed by atoms with E-state index in [9.17, 15) is 14.9 Å². The Hall–Kier alpha value is -2.15. The summed E-state index contributed by atoms with van der Waals surface area (Å²) < 4.78 is 0. The zero-order chi connectivity index (χ0) is 15.1. The Kier molecular flexibility index (Phi) is 5.92. The maximum atomic E-state index is 12.0. The fourth-order valence-electron chi connectivity index (χ4n) is 1.65. The number of hydrogen-bond donors (Lipinski definition) is 2. The predicted octanol–water partition coefficient (Wildman–Crippen LogP) is 1.32. The van der Waals surface area contributed by atoms with Crippen molar-refractivity contribution >= 4 is 17.3 Å². The van der Waals surface area contributed by atoms with Gasteiger partial charge in [-0.15, -0.1) is 0 Å². The van der Waals surface area contributed by atoms with Crippen molar-refractivity contribution in [2.24, 2.45) is 0 Å². The molecule has 1 amide bonds. The standard InChI is InChI=1S/C13H20N4O3/c1-4-16(3)8-7-15-13(18)11-9-10(14-2)5-6-12(11)17(19)20/h5-6,9,14H,4,7-8H2,1-3H3,(H,15,18). The third-order valence-electron chi connectivity index (χ3n) is 3.05. The zero-order valence-corrected chi connectivity index (χ0v) is 12.0. The molecule has 2 N–H and O–H groups in total. The average Bonchev–Trinajstić information content (AvgIpc) is 2.45. The molecule has 0 saturated carbocycles. The van der Waals surface area contributed by atoms with Crippen LogP contribution in [0.15, 0.2) is 18.2 Å². The van der Waals surface area contributed by atoms with Crippen molar-refractivity contribution in [3.63, 3.8) is 0 Å². The minimum Gasteiger partial charge on any atom is -0.388 e. The van der Waals surface area contributed by atoms with Crippen molar-refractivity contribution in [1.29, 1.82) is 0 Å². The van der Waals surface area contributed by atoms with Gasteiger partial charge in [-0.1, -0.05) is 6.92 Å². The van der Waals surface area contributed by atoms with Crippen molar-refractivity contribution in [2.45, 2.75) is 6.92 Å². The number of carbonyl (C=O) groups excluding carboxylic acids is 1. The normalized spacial score (nSPS) is 10.4. The molecule has 1 aromatic rings. The first-order valence-electron chi connectivity index (χ1n) is 6.42. The molecule has 0 bridgehead atoms. The molecule has 110 valence electrons. The lowest BCUT2D eigenvalue weighted by molar-refractivity contribution is -0.385. The van der Waals surface area contributed by atoms with Crippen LogP contribution >= 0.6 is 0 Å². The second kappa shape index (κ2) is 7.44. The van der Waals surface area contributed by atoms with Gasteiger partial charge in [-0.3, -0.25) is 14.9 Å². The minimum absolute atomic E-state index is 0.0704. The summed E-state index contributed by atoms with van der Waals surface area (Å²) in [7, 11) is 3.63. The molecule has 0 spiro atoms. The van der Waals surface area contributed by atoms with Gasteiger partial charge in [0.25, 0.3) is 11.6 Å². The monoisotopic (exact) mass is 280 g/mol. The molecule has 7 nitrogen and oxygen atoms in total. The highest BCUT2D eigenvalue weighted by molar-refractivity contribution is 5.99. The number of amides is 1. The Labute approximate surface area is 118 Å². The zero-order valence-electron chi connectivity index (χ0n) is 12.0. The first-order chi connectivity index (χ1) is 9.49. The molecule has 0 aliphatic rings. The summed E-state index contributed by atoms with van der Waals surface area (Å²) in [5.41, 5.74) is 0.540. The number of nitrogens with zero attached hydrogens (tertiary/aromatic N) is 2. The topological polar surface area (TPSA) is 87.5 Å². The fourth-order valence-corrected chi connectivity index (χ4v) is 1.65. The van der Waals surface area contributed by atoms with E-state index in [-0.39, 0.29) is 11.3 Å². The summed E-state index contributed by atoms with van der Waals surface area (Å²) in [5.74, 6) is -0.432.